The van der Waals surface area contributed by atoms with Gasteiger partial charge in [-0.15, -0.1) is 0 Å². The Balaban J connectivity index is 2.32. The molecule has 2 rings (SSSR count). The van der Waals surface area contributed by atoms with Gasteiger partial charge < -0.3 is 10.1 Å². The number of ether oxygens (including phenoxy) is 1. The lowest BCUT2D eigenvalue weighted by Gasteiger charge is -2.30. The largest absolute Gasteiger partial charge is 0.495 e. The number of anilines is 1. The average Bonchev–Trinajstić information content (AvgIpc) is 2.74. The first-order chi connectivity index (χ1) is 14.7. The highest BCUT2D eigenvalue weighted by molar-refractivity contribution is 7.92. The van der Waals surface area contributed by atoms with Gasteiger partial charge in [0.05, 0.1) is 24.1 Å². The zero-order chi connectivity index (χ0) is 23.2. The van der Waals surface area contributed by atoms with E-state index >= 15 is 0 Å². The Bertz CT molecular complexity index is 1020. The Morgan fingerprint density at radius 3 is 2.32 bits per heavy atom. The Morgan fingerprint density at radius 1 is 1.10 bits per heavy atom. The van der Waals surface area contributed by atoms with Gasteiger partial charge in [-0.3, -0.25) is 9.10 Å². The van der Waals surface area contributed by atoms with Crippen LogP contribution in [0, 0.1) is 0 Å². The summed E-state index contributed by atoms with van der Waals surface area (Å²) in [6, 6.07) is 10.0. The molecule has 1 unspecified atom stereocenters. The van der Waals surface area contributed by atoms with Crippen molar-refractivity contribution >= 4 is 33.2 Å². The van der Waals surface area contributed by atoms with E-state index in [1.165, 1.54) is 18.7 Å². The number of halogens is 1. The average molecular weight is 467 g/mol. The minimum atomic E-state index is -3.74. The first-order valence-corrected chi connectivity index (χ1v) is 12.6. The fourth-order valence-corrected chi connectivity index (χ4v) is 5.02. The third kappa shape index (κ3) is 6.14. The first-order valence-electron chi connectivity index (χ1n) is 10.4. The fraction of sp³-hybridized carbons (Fsp3) is 0.435. The highest BCUT2D eigenvalue weighted by atomic mass is 35.5. The van der Waals surface area contributed by atoms with Crippen molar-refractivity contribution in [3.8, 4) is 5.75 Å². The van der Waals surface area contributed by atoms with Gasteiger partial charge in [0, 0.05) is 6.54 Å². The Kier molecular flexibility index (Phi) is 8.77. The summed E-state index contributed by atoms with van der Waals surface area (Å²) in [4.78, 5) is 13.1. The summed E-state index contributed by atoms with van der Waals surface area (Å²) >= 11 is 6.21. The van der Waals surface area contributed by atoms with E-state index in [0.717, 1.165) is 34.5 Å². The number of rotatable bonds is 10. The maximum atomic E-state index is 13.1. The minimum Gasteiger partial charge on any atom is -0.495 e. The molecule has 0 aliphatic heterocycles. The standard InChI is InChI=1S/C23H31ClN2O4S/c1-6-16-9-10-17(7-2)18(13-16)15-25-23(27)21(8-3)26(31(5,28)29)19-11-12-22(30-4)20(24)14-19/h9-14,21H,6-8,15H2,1-5H3,(H,25,27). The predicted molar refractivity (Wildman–Crippen MR) is 126 cm³/mol. The normalized spacial score (nSPS) is 12.3. The van der Waals surface area contributed by atoms with Crippen LogP contribution in [0.3, 0.4) is 0 Å². The molecule has 1 atom stereocenters. The monoisotopic (exact) mass is 466 g/mol. The molecule has 0 aliphatic rings. The van der Waals surface area contributed by atoms with E-state index < -0.39 is 16.1 Å². The lowest BCUT2D eigenvalue weighted by molar-refractivity contribution is -0.122. The molecule has 0 bridgehead atoms. The van der Waals surface area contributed by atoms with E-state index in [-0.39, 0.29) is 10.9 Å². The van der Waals surface area contributed by atoms with Crippen molar-refractivity contribution in [3.63, 3.8) is 0 Å². The molecule has 0 radical (unpaired) electrons. The van der Waals surface area contributed by atoms with Crippen LogP contribution in [-0.2, 0) is 34.2 Å². The van der Waals surface area contributed by atoms with Gasteiger partial charge in [-0.05, 0) is 54.2 Å². The van der Waals surface area contributed by atoms with Gasteiger partial charge in [-0.1, -0.05) is 50.6 Å². The van der Waals surface area contributed by atoms with Gasteiger partial charge in [0.2, 0.25) is 15.9 Å². The van der Waals surface area contributed by atoms with Crippen LogP contribution in [0.1, 0.15) is 43.9 Å². The number of hydrogen-bond acceptors (Lipinski definition) is 4. The highest BCUT2D eigenvalue weighted by Gasteiger charge is 2.31. The van der Waals surface area contributed by atoms with Gasteiger partial charge in [0.1, 0.15) is 11.8 Å². The molecule has 0 saturated carbocycles. The van der Waals surface area contributed by atoms with Gasteiger partial charge in [0.15, 0.2) is 0 Å². The third-order valence-electron chi connectivity index (χ3n) is 5.23. The topological polar surface area (TPSA) is 75.7 Å². The summed E-state index contributed by atoms with van der Waals surface area (Å²) in [5, 5.41) is 3.20. The second-order valence-electron chi connectivity index (χ2n) is 7.33. The van der Waals surface area contributed by atoms with Crippen LogP contribution in [0.2, 0.25) is 5.02 Å². The molecule has 0 spiro atoms. The number of hydrogen-bond donors (Lipinski definition) is 1. The van der Waals surface area contributed by atoms with Gasteiger partial charge in [-0.2, -0.15) is 0 Å². The quantitative estimate of drug-likeness (QED) is 0.565. The molecule has 0 aromatic heterocycles. The lowest BCUT2D eigenvalue weighted by Crippen LogP contribution is -2.49. The fourth-order valence-electron chi connectivity index (χ4n) is 3.56. The van der Waals surface area contributed by atoms with Crippen molar-refractivity contribution in [1.29, 1.82) is 0 Å². The second kappa shape index (κ2) is 10.9. The molecule has 0 heterocycles. The van der Waals surface area contributed by atoms with Gasteiger partial charge >= 0.3 is 0 Å². The van der Waals surface area contributed by atoms with Crippen LogP contribution in [0.15, 0.2) is 36.4 Å². The second-order valence-corrected chi connectivity index (χ2v) is 9.60. The number of carbonyl (C=O) groups excluding carboxylic acids is 1. The third-order valence-corrected chi connectivity index (χ3v) is 6.71. The zero-order valence-corrected chi connectivity index (χ0v) is 20.3. The van der Waals surface area contributed by atoms with Crippen molar-refractivity contribution in [2.45, 2.75) is 52.6 Å². The number of sulfonamides is 1. The number of methoxy groups -OCH3 is 1. The van der Waals surface area contributed by atoms with E-state index in [9.17, 15) is 13.2 Å². The Labute approximate surface area is 190 Å². The first kappa shape index (κ1) is 25.0. The van der Waals surface area contributed by atoms with Crippen molar-refractivity contribution in [2.24, 2.45) is 0 Å². The van der Waals surface area contributed by atoms with E-state index in [4.69, 9.17) is 16.3 Å². The van der Waals surface area contributed by atoms with Crippen LogP contribution in [-0.4, -0.2) is 33.7 Å². The summed E-state index contributed by atoms with van der Waals surface area (Å²) in [7, 11) is -2.26. The van der Waals surface area contributed by atoms with Crippen molar-refractivity contribution < 1.29 is 17.9 Å². The van der Waals surface area contributed by atoms with Gasteiger partial charge in [0.25, 0.3) is 0 Å². The van der Waals surface area contributed by atoms with Crippen LogP contribution in [0.4, 0.5) is 5.69 Å². The summed E-state index contributed by atoms with van der Waals surface area (Å²) in [5.74, 6) is 0.0723. The van der Waals surface area contributed by atoms with Crippen LogP contribution >= 0.6 is 11.6 Å². The van der Waals surface area contributed by atoms with Crippen molar-refractivity contribution in [3.05, 3.63) is 58.1 Å². The highest BCUT2D eigenvalue weighted by Crippen LogP contribution is 2.31. The zero-order valence-electron chi connectivity index (χ0n) is 18.7. The van der Waals surface area contributed by atoms with Crippen LogP contribution < -0.4 is 14.4 Å². The summed E-state index contributed by atoms with van der Waals surface area (Å²) in [5.41, 5.74) is 3.72. The van der Waals surface area contributed by atoms with E-state index in [1.54, 1.807) is 19.1 Å². The van der Waals surface area contributed by atoms with Gasteiger partial charge in [-0.25, -0.2) is 8.42 Å². The molecule has 2 aromatic rings. The summed E-state index contributed by atoms with van der Waals surface area (Å²) < 4.78 is 31.5. The molecule has 0 aliphatic carbocycles. The number of nitrogens with one attached hydrogen (secondary N) is 1. The van der Waals surface area contributed by atoms with E-state index in [0.29, 0.717) is 24.4 Å². The Hall–Kier alpha value is -2.25. The molecular formula is C23H31ClN2O4S. The molecule has 31 heavy (non-hydrogen) atoms. The molecule has 8 heteroatoms. The van der Waals surface area contributed by atoms with Crippen LogP contribution in [0.5, 0.6) is 5.75 Å². The van der Waals surface area contributed by atoms with E-state index in [2.05, 4.69) is 37.4 Å². The predicted octanol–water partition coefficient (Wildman–Crippen LogP) is 4.33. The maximum Gasteiger partial charge on any atom is 0.244 e. The molecule has 6 nitrogen and oxygen atoms in total. The Morgan fingerprint density at radius 2 is 1.81 bits per heavy atom. The molecule has 170 valence electrons. The molecule has 0 saturated heterocycles. The molecular weight excluding hydrogens is 436 g/mol. The molecule has 2 aromatic carbocycles. The molecule has 0 fully saturated rings. The van der Waals surface area contributed by atoms with Crippen molar-refractivity contribution in [2.75, 3.05) is 17.7 Å². The number of carbonyl (C=O) groups is 1. The minimum absolute atomic E-state index is 0.271. The number of benzene rings is 2. The summed E-state index contributed by atoms with van der Waals surface area (Å²) in [6.45, 7) is 6.27. The lowest BCUT2D eigenvalue weighted by atomic mass is 10.0. The summed E-state index contributed by atoms with van der Waals surface area (Å²) in [6.07, 6.45) is 3.15. The van der Waals surface area contributed by atoms with E-state index in [1.807, 2.05) is 0 Å². The number of nitrogens with zero attached hydrogens (tertiary/aromatic N) is 1. The smallest absolute Gasteiger partial charge is 0.244 e. The number of aryl methyl sites for hydroxylation is 2. The van der Waals surface area contributed by atoms with Crippen LogP contribution in [0.25, 0.3) is 0 Å². The SMILES string of the molecule is CCc1ccc(CC)c(CNC(=O)C(CC)N(c2ccc(OC)c(Cl)c2)S(C)(=O)=O)c1. The molecule has 1 N–H and O–H groups in total. The molecule has 1 amide bonds. The number of amides is 1. The van der Waals surface area contributed by atoms with Crippen molar-refractivity contribution in [1.82, 2.24) is 5.32 Å². The maximum absolute atomic E-state index is 13.1.